The van der Waals surface area contributed by atoms with Crippen molar-refractivity contribution in [2.75, 3.05) is 19.7 Å². The Morgan fingerprint density at radius 2 is 1.75 bits per heavy atom. The maximum absolute atomic E-state index is 11.3. The van der Waals surface area contributed by atoms with E-state index in [1.54, 1.807) is 11.3 Å². The van der Waals surface area contributed by atoms with Crippen molar-refractivity contribution in [3.63, 3.8) is 0 Å². The third-order valence-corrected chi connectivity index (χ3v) is 7.41. The van der Waals surface area contributed by atoms with E-state index in [0.29, 0.717) is 12.5 Å². The van der Waals surface area contributed by atoms with Crippen LogP contribution in [0.15, 0.2) is 84.4 Å². The molecule has 0 aliphatic rings. The van der Waals surface area contributed by atoms with Gasteiger partial charge in [-0.2, -0.15) is 0 Å². The molecular formula is C29H30ClN3O2S. The standard InChI is InChI=1S/C29H30ClN3O2S/c1-21-13-16-36-27(21)20-33(14-8-15-35-29-26(30)17-24(18-32-29)28(31)34)19-25(22-9-4-2-5-10-22)23-11-6-3-7-12-23/h2-7,9-13,16-18,25H,8,14-15,19-20H2,1H3,(H2,31,34). The summed E-state index contributed by atoms with van der Waals surface area (Å²) in [5, 5.41) is 2.44. The number of aryl methyl sites for hydroxylation is 1. The van der Waals surface area contributed by atoms with Crippen LogP contribution in [0.1, 0.15) is 44.3 Å². The van der Waals surface area contributed by atoms with E-state index in [2.05, 4.69) is 88.9 Å². The molecule has 0 aliphatic carbocycles. The van der Waals surface area contributed by atoms with Crippen molar-refractivity contribution in [3.05, 3.63) is 117 Å². The van der Waals surface area contributed by atoms with Gasteiger partial charge >= 0.3 is 0 Å². The molecule has 0 atom stereocenters. The zero-order valence-electron chi connectivity index (χ0n) is 20.3. The fraction of sp³-hybridized carbons (Fsp3) is 0.241. The number of nitrogens with two attached hydrogens (primary N) is 1. The van der Waals surface area contributed by atoms with Crippen molar-refractivity contribution in [2.24, 2.45) is 5.73 Å². The number of pyridine rings is 1. The highest BCUT2D eigenvalue weighted by atomic mass is 35.5. The van der Waals surface area contributed by atoms with Gasteiger partial charge in [0.2, 0.25) is 11.8 Å². The first-order valence-corrected chi connectivity index (χ1v) is 13.2. The Morgan fingerprint density at radius 3 is 2.31 bits per heavy atom. The Labute approximate surface area is 221 Å². The minimum absolute atomic E-state index is 0.256. The van der Waals surface area contributed by atoms with Crippen LogP contribution >= 0.6 is 22.9 Å². The zero-order valence-corrected chi connectivity index (χ0v) is 21.8. The highest BCUT2D eigenvalue weighted by Crippen LogP contribution is 2.28. The molecule has 2 aromatic carbocycles. The Bertz CT molecular complexity index is 1220. The Balaban J connectivity index is 1.47. The van der Waals surface area contributed by atoms with Gasteiger partial charge in [-0.1, -0.05) is 72.3 Å². The van der Waals surface area contributed by atoms with Gasteiger partial charge in [0.15, 0.2) is 0 Å². The number of ether oxygens (including phenoxy) is 1. The van der Waals surface area contributed by atoms with Gasteiger partial charge in [0.05, 0.1) is 12.2 Å². The smallest absolute Gasteiger partial charge is 0.250 e. The first-order chi connectivity index (χ1) is 17.5. The average Bonchev–Trinajstić information content (AvgIpc) is 3.30. The lowest BCUT2D eigenvalue weighted by atomic mass is 9.90. The highest BCUT2D eigenvalue weighted by molar-refractivity contribution is 7.10. The summed E-state index contributed by atoms with van der Waals surface area (Å²) >= 11 is 8.03. The molecule has 0 saturated carbocycles. The lowest BCUT2D eigenvalue weighted by Crippen LogP contribution is -2.30. The lowest BCUT2D eigenvalue weighted by molar-refractivity contribution is 0.1000. The largest absolute Gasteiger partial charge is 0.477 e. The first kappa shape index (κ1) is 25.9. The molecule has 0 unspecified atom stereocenters. The number of hydrogen-bond donors (Lipinski definition) is 1. The molecule has 5 nitrogen and oxygen atoms in total. The molecule has 1 amide bonds. The molecule has 0 fully saturated rings. The molecule has 0 saturated heterocycles. The van der Waals surface area contributed by atoms with Crippen molar-refractivity contribution >= 4 is 28.8 Å². The third-order valence-electron chi connectivity index (χ3n) is 6.13. The summed E-state index contributed by atoms with van der Waals surface area (Å²) in [5.74, 6) is 0.00153. The number of benzene rings is 2. The second-order valence-corrected chi connectivity index (χ2v) is 10.1. The topological polar surface area (TPSA) is 68.4 Å². The quantitative estimate of drug-likeness (QED) is 0.223. The van der Waals surface area contributed by atoms with Crippen LogP contribution in [0.5, 0.6) is 5.88 Å². The maximum Gasteiger partial charge on any atom is 0.250 e. The second-order valence-electron chi connectivity index (χ2n) is 8.71. The first-order valence-electron chi connectivity index (χ1n) is 11.9. The molecule has 4 rings (SSSR count). The monoisotopic (exact) mass is 519 g/mol. The summed E-state index contributed by atoms with van der Waals surface area (Å²) in [5.41, 5.74) is 9.49. The second kappa shape index (κ2) is 12.7. The van der Waals surface area contributed by atoms with Gasteiger partial charge in [-0.05, 0) is 47.5 Å². The van der Waals surface area contributed by atoms with Crippen molar-refractivity contribution in [1.29, 1.82) is 0 Å². The molecule has 2 N–H and O–H groups in total. The van der Waals surface area contributed by atoms with Gasteiger partial charge < -0.3 is 10.5 Å². The van der Waals surface area contributed by atoms with Crippen molar-refractivity contribution < 1.29 is 9.53 Å². The van der Waals surface area contributed by atoms with Gasteiger partial charge in [-0.15, -0.1) is 11.3 Å². The zero-order chi connectivity index (χ0) is 25.3. The van der Waals surface area contributed by atoms with Gasteiger partial charge in [0.1, 0.15) is 5.02 Å². The summed E-state index contributed by atoms with van der Waals surface area (Å²) in [6.45, 7) is 5.25. The van der Waals surface area contributed by atoms with Crippen LogP contribution in [0.25, 0.3) is 0 Å². The Hall–Kier alpha value is -3.19. The molecule has 2 aromatic heterocycles. The van der Waals surface area contributed by atoms with Crippen LogP contribution in [0, 0.1) is 6.92 Å². The molecule has 0 radical (unpaired) electrons. The van der Waals surface area contributed by atoms with E-state index in [0.717, 1.165) is 26.1 Å². The number of carbonyl (C=O) groups is 1. The summed E-state index contributed by atoms with van der Waals surface area (Å²) in [6.07, 6.45) is 2.19. The molecule has 4 aromatic rings. The summed E-state index contributed by atoms with van der Waals surface area (Å²) in [4.78, 5) is 19.4. The minimum atomic E-state index is -0.568. The Morgan fingerprint density at radius 1 is 1.08 bits per heavy atom. The van der Waals surface area contributed by atoms with E-state index in [9.17, 15) is 4.79 Å². The van der Waals surface area contributed by atoms with Crippen LogP contribution in [0.3, 0.4) is 0 Å². The van der Waals surface area contributed by atoms with E-state index < -0.39 is 5.91 Å². The van der Waals surface area contributed by atoms with Crippen molar-refractivity contribution in [2.45, 2.75) is 25.8 Å². The number of aromatic nitrogens is 1. The van der Waals surface area contributed by atoms with Gasteiger partial charge in [-0.3, -0.25) is 9.69 Å². The average molecular weight is 520 g/mol. The van der Waals surface area contributed by atoms with Crippen LogP contribution < -0.4 is 10.5 Å². The van der Waals surface area contributed by atoms with Crippen LogP contribution in [0.4, 0.5) is 0 Å². The third kappa shape index (κ3) is 6.94. The number of rotatable bonds is 12. The molecule has 7 heteroatoms. The van der Waals surface area contributed by atoms with Crippen LogP contribution in [0.2, 0.25) is 5.02 Å². The number of nitrogens with zero attached hydrogens (tertiary/aromatic N) is 2. The molecule has 2 heterocycles. The van der Waals surface area contributed by atoms with Gasteiger partial charge in [0, 0.05) is 36.6 Å². The number of primary amides is 1. The number of amides is 1. The molecule has 186 valence electrons. The number of thiophene rings is 1. The Kier molecular flexibility index (Phi) is 9.11. The number of hydrogen-bond acceptors (Lipinski definition) is 5. The molecule has 0 aliphatic heterocycles. The summed E-state index contributed by atoms with van der Waals surface area (Å²) in [7, 11) is 0. The summed E-state index contributed by atoms with van der Waals surface area (Å²) < 4.78 is 5.84. The van der Waals surface area contributed by atoms with Crippen molar-refractivity contribution in [1.82, 2.24) is 9.88 Å². The fourth-order valence-corrected chi connectivity index (χ4v) is 5.33. The SMILES string of the molecule is Cc1ccsc1CN(CCCOc1ncc(C(N)=O)cc1Cl)CC(c1ccccc1)c1ccccc1. The number of carbonyl (C=O) groups excluding carboxylic acids is 1. The predicted octanol–water partition coefficient (Wildman–Crippen LogP) is 6.31. The highest BCUT2D eigenvalue weighted by Gasteiger charge is 2.19. The normalized spacial score (nSPS) is 11.2. The predicted molar refractivity (Wildman–Crippen MR) is 147 cm³/mol. The van der Waals surface area contributed by atoms with E-state index in [1.165, 1.54) is 33.8 Å². The summed E-state index contributed by atoms with van der Waals surface area (Å²) in [6, 6.07) is 25.0. The molecule has 0 bridgehead atoms. The maximum atomic E-state index is 11.3. The fourth-order valence-electron chi connectivity index (χ4n) is 4.16. The molecular weight excluding hydrogens is 490 g/mol. The van der Waals surface area contributed by atoms with Gasteiger partial charge in [0.25, 0.3) is 0 Å². The van der Waals surface area contributed by atoms with Crippen LogP contribution in [-0.4, -0.2) is 35.5 Å². The van der Waals surface area contributed by atoms with Crippen molar-refractivity contribution in [3.8, 4) is 5.88 Å². The minimum Gasteiger partial charge on any atom is -0.477 e. The van der Waals surface area contributed by atoms with Gasteiger partial charge in [-0.25, -0.2) is 4.98 Å². The van der Waals surface area contributed by atoms with E-state index >= 15 is 0 Å². The van der Waals surface area contributed by atoms with E-state index in [-0.39, 0.29) is 16.5 Å². The van der Waals surface area contributed by atoms with E-state index in [4.69, 9.17) is 22.1 Å². The van der Waals surface area contributed by atoms with E-state index in [1.807, 2.05) is 0 Å². The molecule has 36 heavy (non-hydrogen) atoms. The number of halogens is 1. The molecule has 0 spiro atoms. The lowest BCUT2D eigenvalue weighted by Gasteiger charge is -2.28. The van der Waals surface area contributed by atoms with Crippen LogP contribution in [-0.2, 0) is 6.54 Å².